The number of aryl methyl sites for hydroxylation is 1. The Kier molecular flexibility index (Phi) is 6.85. The van der Waals surface area contributed by atoms with Gasteiger partial charge in [-0.15, -0.1) is 0 Å². The number of sulfonamides is 1. The predicted octanol–water partition coefficient (Wildman–Crippen LogP) is -1.59. The molecule has 0 aliphatic carbocycles. The van der Waals surface area contributed by atoms with Gasteiger partial charge in [-0.2, -0.15) is 4.31 Å². The molecule has 1 aromatic carbocycles. The summed E-state index contributed by atoms with van der Waals surface area (Å²) in [5.41, 5.74) is 0.569. The summed E-state index contributed by atoms with van der Waals surface area (Å²) in [5.74, 6) is 0. The molecule has 20 heavy (non-hydrogen) atoms. The molecule has 1 aromatic rings. The Bertz CT molecular complexity index is 597. The zero-order valence-corrected chi connectivity index (χ0v) is 15.3. The molecule has 106 valence electrons. The van der Waals surface area contributed by atoms with E-state index in [2.05, 4.69) is 0 Å². The van der Waals surface area contributed by atoms with Crippen LogP contribution >= 0.6 is 0 Å². The topological polar surface area (TPSA) is 77.5 Å². The molecule has 1 saturated heterocycles. The van der Waals surface area contributed by atoms with Gasteiger partial charge in [0.15, 0.2) is 0 Å². The Balaban J connectivity index is 0.00000200. The third kappa shape index (κ3) is 3.91. The molecule has 2 rings (SSSR count). The van der Waals surface area contributed by atoms with Crippen molar-refractivity contribution in [2.75, 3.05) is 13.1 Å². The molecule has 0 amide bonds. The van der Waals surface area contributed by atoms with Gasteiger partial charge in [-0.3, -0.25) is 4.21 Å². The van der Waals surface area contributed by atoms with Gasteiger partial charge in [0.1, 0.15) is 0 Å². The predicted molar refractivity (Wildman–Crippen MR) is 71.0 cm³/mol. The van der Waals surface area contributed by atoms with E-state index in [0.717, 1.165) is 19.3 Å². The van der Waals surface area contributed by atoms with Crippen LogP contribution in [0.4, 0.5) is 0 Å². The molecule has 0 N–H and O–H groups in total. The molecule has 1 heterocycles. The second-order valence-electron chi connectivity index (χ2n) is 4.63. The summed E-state index contributed by atoms with van der Waals surface area (Å²) in [7, 11) is -3.59. The van der Waals surface area contributed by atoms with Crippen molar-refractivity contribution in [1.29, 1.82) is 0 Å². The third-order valence-electron chi connectivity index (χ3n) is 3.28. The zero-order chi connectivity index (χ0) is 14.0. The van der Waals surface area contributed by atoms with Crippen LogP contribution in [0.25, 0.3) is 0 Å². The maximum Gasteiger partial charge on any atom is 1.00 e. The molecule has 0 spiro atoms. The van der Waals surface area contributed by atoms with E-state index in [9.17, 15) is 17.2 Å². The molecular formula is C12H16NNaO4S2. The molecule has 1 fully saturated rings. The van der Waals surface area contributed by atoms with Crippen molar-refractivity contribution in [2.45, 2.75) is 36.0 Å². The minimum Gasteiger partial charge on any atom is -0.768 e. The Morgan fingerprint density at radius 2 is 1.80 bits per heavy atom. The minimum absolute atomic E-state index is 0. The average Bonchev–Trinajstić information content (AvgIpc) is 2.39. The second kappa shape index (κ2) is 7.49. The largest absolute Gasteiger partial charge is 1.00 e. The van der Waals surface area contributed by atoms with Gasteiger partial charge in [0.2, 0.25) is 10.0 Å². The van der Waals surface area contributed by atoms with Crippen molar-refractivity contribution < 1.29 is 46.7 Å². The number of benzene rings is 1. The molecule has 0 saturated carbocycles. The summed E-state index contributed by atoms with van der Waals surface area (Å²) in [6.07, 6.45) is 2.74. The van der Waals surface area contributed by atoms with Gasteiger partial charge in [-0.1, -0.05) is 12.5 Å². The van der Waals surface area contributed by atoms with Crippen LogP contribution in [0.3, 0.4) is 0 Å². The Morgan fingerprint density at radius 1 is 1.20 bits per heavy atom. The van der Waals surface area contributed by atoms with Crippen LogP contribution in [0, 0.1) is 6.92 Å². The Labute approximate surface area is 144 Å². The van der Waals surface area contributed by atoms with E-state index in [1.165, 1.54) is 22.5 Å². The third-order valence-corrected chi connectivity index (χ3v) is 5.96. The molecule has 8 heteroatoms. The van der Waals surface area contributed by atoms with E-state index in [1.54, 1.807) is 6.92 Å². The summed E-state index contributed by atoms with van der Waals surface area (Å²) in [4.78, 5) is 0.0947. The van der Waals surface area contributed by atoms with E-state index in [-0.39, 0.29) is 39.3 Å². The first-order valence-electron chi connectivity index (χ1n) is 6.13. The van der Waals surface area contributed by atoms with Crippen molar-refractivity contribution in [3.05, 3.63) is 23.8 Å². The first kappa shape index (κ1) is 18.3. The fourth-order valence-corrected chi connectivity index (χ4v) is 4.44. The summed E-state index contributed by atoms with van der Waals surface area (Å²) in [5, 5.41) is 0. The van der Waals surface area contributed by atoms with Crippen molar-refractivity contribution in [2.24, 2.45) is 0 Å². The van der Waals surface area contributed by atoms with E-state index in [4.69, 9.17) is 0 Å². The zero-order valence-electron chi connectivity index (χ0n) is 11.7. The van der Waals surface area contributed by atoms with E-state index in [1.807, 2.05) is 0 Å². The average molecular weight is 325 g/mol. The van der Waals surface area contributed by atoms with E-state index < -0.39 is 21.1 Å². The van der Waals surface area contributed by atoms with Crippen LogP contribution < -0.4 is 29.6 Å². The fraction of sp³-hybridized carbons (Fsp3) is 0.500. The first-order valence-corrected chi connectivity index (χ1v) is 8.64. The van der Waals surface area contributed by atoms with Gasteiger partial charge in [0.25, 0.3) is 0 Å². The van der Waals surface area contributed by atoms with E-state index in [0.29, 0.717) is 18.7 Å². The fourth-order valence-electron chi connectivity index (χ4n) is 2.21. The van der Waals surface area contributed by atoms with Crippen LogP contribution in [-0.4, -0.2) is 34.6 Å². The standard InChI is InChI=1S/C12H17NO4S2.Na/c1-10-5-6-11(18(14)15)9-12(10)19(16,17)13-7-3-2-4-8-13;/h5-6,9H,2-4,7-8H2,1H3,(H,14,15);/q;+1/p-1. The molecule has 1 atom stereocenters. The van der Waals surface area contributed by atoms with Crippen molar-refractivity contribution in [3.8, 4) is 0 Å². The quantitative estimate of drug-likeness (QED) is 0.496. The van der Waals surface area contributed by atoms with Crippen LogP contribution in [-0.2, 0) is 21.1 Å². The second-order valence-corrected chi connectivity index (χ2v) is 7.47. The summed E-state index contributed by atoms with van der Waals surface area (Å²) >= 11 is -2.42. The van der Waals surface area contributed by atoms with Gasteiger partial charge in [-0.05, 0) is 48.5 Å². The van der Waals surface area contributed by atoms with Crippen LogP contribution in [0.2, 0.25) is 0 Å². The van der Waals surface area contributed by atoms with Crippen LogP contribution in [0.5, 0.6) is 0 Å². The van der Waals surface area contributed by atoms with Crippen LogP contribution in [0.15, 0.2) is 28.0 Å². The van der Waals surface area contributed by atoms with Crippen molar-refractivity contribution in [3.63, 3.8) is 0 Å². The van der Waals surface area contributed by atoms with Crippen molar-refractivity contribution in [1.82, 2.24) is 4.31 Å². The van der Waals surface area contributed by atoms with Gasteiger partial charge >= 0.3 is 29.6 Å². The molecule has 1 unspecified atom stereocenters. The maximum absolute atomic E-state index is 12.5. The number of piperidine rings is 1. The molecule has 0 radical (unpaired) electrons. The van der Waals surface area contributed by atoms with Crippen molar-refractivity contribution >= 4 is 21.1 Å². The summed E-state index contributed by atoms with van der Waals surface area (Å²) in [6.45, 7) is 2.69. The summed E-state index contributed by atoms with van der Waals surface area (Å²) < 4.78 is 48.4. The molecular weight excluding hydrogens is 309 g/mol. The molecule has 5 nitrogen and oxygen atoms in total. The monoisotopic (exact) mass is 325 g/mol. The Morgan fingerprint density at radius 3 is 2.35 bits per heavy atom. The smallest absolute Gasteiger partial charge is 0.768 e. The van der Waals surface area contributed by atoms with Gasteiger partial charge in [-0.25, -0.2) is 8.42 Å². The summed E-state index contributed by atoms with van der Waals surface area (Å²) in [6, 6.07) is 4.18. The first-order chi connectivity index (χ1) is 8.93. The molecule has 1 aliphatic rings. The minimum atomic E-state index is -3.59. The SMILES string of the molecule is Cc1ccc(S(=O)[O-])cc1S(=O)(=O)N1CCCCC1.[Na+]. The van der Waals surface area contributed by atoms with E-state index >= 15 is 0 Å². The molecule has 0 aromatic heterocycles. The van der Waals surface area contributed by atoms with Crippen LogP contribution in [0.1, 0.15) is 24.8 Å². The number of rotatable bonds is 3. The van der Waals surface area contributed by atoms with Gasteiger partial charge in [0, 0.05) is 18.0 Å². The van der Waals surface area contributed by atoms with Gasteiger partial charge in [0.05, 0.1) is 4.90 Å². The number of hydrogen-bond acceptors (Lipinski definition) is 4. The Hall–Kier alpha value is 0.240. The number of hydrogen-bond donors (Lipinski definition) is 0. The van der Waals surface area contributed by atoms with Gasteiger partial charge < -0.3 is 4.55 Å². The normalized spacial score (nSPS) is 18.3. The number of nitrogens with zero attached hydrogens (tertiary/aromatic N) is 1. The maximum atomic E-state index is 12.5. The molecule has 1 aliphatic heterocycles. The molecule has 0 bridgehead atoms.